The summed E-state index contributed by atoms with van der Waals surface area (Å²) < 4.78 is 9.82. The average Bonchev–Trinajstić information content (AvgIpc) is 2.51. The molecule has 0 atom stereocenters. The number of hydrogen-bond donors (Lipinski definition) is 0. The van der Waals surface area contributed by atoms with Crippen molar-refractivity contribution in [3.05, 3.63) is 45.0 Å². The molecule has 1 aromatic heterocycles. The summed E-state index contributed by atoms with van der Waals surface area (Å²) in [6.07, 6.45) is 0. The molecule has 0 unspecified atom stereocenters. The van der Waals surface area contributed by atoms with Crippen LogP contribution in [0.25, 0.3) is 11.1 Å². The number of aromatic nitrogens is 1. The summed E-state index contributed by atoms with van der Waals surface area (Å²) in [6.45, 7) is 0. The van der Waals surface area contributed by atoms with Gasteiger partial charge in [0.2, 0.25) is 5.88 Å². The lowest BCUT2D eigenvalue weighted by Crippen LogP contribution is -2.05. The molecule has 0 aliphatic rings. The van der Waals surface area contributed by atoms with Crippen LogP contribution in [0.2, 0.25) is 15.1 Å². The van der Waals surface area contributed by atoms with Crippen molar-refractivity contribution in [3.63, 3.8) is 0 Å². The molecule has 7 heteroatoms. The minimum atomic E-state index is -0.555. The van der Waals surface area contributed by atoms with Crippen LogP contribution in [0.3, 0.4) is 0 Å². The highest BCUT2D eigenvalue weighted by atomic mass is 35.5. The second kappa shape index (κ2) is 6.52. The third-order valence-electron chi connectivity index (χ3n) is 2.77. The normalized spacial score (nSPS) is 10.3. The Morgan fingerprint density at radius 3 is 2.29 bits per heavy atom. The standard InChI is InChI=1S/C14H10Cl3NO3/c1-20-13-8(4-6-10(18-13)14(19)21-2)7-3-5-9(15)12(17)11(7)16/h3-6H,1-2H3. The molecule has 0 aliphatic heterocycles. The lowest BCUT2D eigenvalue weighted by Gasteiger charge is -2.11. The molecule has 0 radical (unpaired) electrons. The van der Waals surface area contributed by atoms with E-state index in [-0.39, 0.29) is 21.6 Å². The van der Waals surface area contributed by atoms with Gasteiger partial charge in [0.15, 0.2) is 5.69 Å². The van der Waals surface area contributed by atoms with Crippen LogP contribution >= 0.6 is 34.8 Å². The SMILES string of the molecule is COC(=O)c1ccc(-c2ccc(Cl)c(Cl)c2Cl)c(OC)n1. The minimum absolute atomic E-state index is 0.134. The zero-order valence-corrected chi connectivity index (χ0v) is 13.4. The largest absolute Gasteiger partial charge is 0.481 e. The summed E-state index contributed by atoms with van der Waals surface area (Å²) in [4.78, 5) is 15.6. The zero-order chi connectivity index (χ0) is 15.6. The molecule has 0 amide bonds. The first-order chi connectivity index (χ1) is 9.99. The number of esters is 1. The van der Waals surface area contributed by atoms with E-state index in [2.05, 4.69) is 9.72 Å². The van der Waals surface area contributed by atoms with Gasteiger partial charge in [-0.25, -0.2) is 9.78 Å². The van der Waals surface area contributed by atoms with Crippen molar-refractivity contribution in [3.8, 4) is 17.0 Å². The van der Waals surface area contributed by atoms with Gasteiger partial charge in [-0.1, -0.05) is 40.9 Å². The van der Waals surface area contributed by atoms with E-state index < -0.39 is 5.97 Å². The molecule has 1 heterocycles. The predicted octanol–water partition coefficient (Wildman–Crippen LogP) is 4.50. The summed E-state index contributed by atoms with van der Waals surface area (Å²) >= 11 is 18.1. The van der Waals surface area contributed by atoms with Gasteiger partial charge in [-0.05, 0) is 18.2 Å². The smallest absolute Gasteiger partial charge is 0.356 e. The predicted molar refractivity (Wildman–Crippen MR) is 82.6 cm³/mol. The van der Waals surface area contributed by atoms with Crippen LogP contribution in [0.1, 0.15) is 10.5 Å². The fourth-order valence-electron chi connectivity index (χ4n) is 1.75. The van der Waals surface area contributed by atoms with E-state index in [9.17, 15) is 4.79 Å². The van der Waals surface area contributed by atoms with E-state index in [0.29, 0.717) is 16.1 Å². The molecule has 0 bridgehead atoms. The van der Waals surface area contributed by atoms with Gasteiger partial charge in [0.25, 0.3) is 0 Å². The number of carbonyl (C=O) groups is 1. The molecule has 0 saturated heterocycles. The van der Waals surface area contributed by atoms with Crippen LogP contribution in [0.4, 0.5) is 0 Å². The summed E-state index contributed by atoms with van der Waals surface area (Å²) in [5.41, 5.74) is 1.33. The van der Waals surface area contributed by atoms with E-state index in [1.165, 1.54) is 20.3 Å². The van der Waals surface area contributed by atoms with Crippen molar-refractivity contribution >= 4 is 40.8 Å². The van der Waals surface area contributed by atoms with Crippen LogP contribution in [-0.4, -0.2) is 25.2 Å². The fourth-order valence-corrected chi connectivity index (χ4v) is 2.39. The molecule has 2 aromatic rings. The van der Waals surface area contributed by atoms with Gasteiger partial charge < -0.3 is 9.47 Å². The van der Waals surface area contributed by atoms with Gasteiger partial charge in [-0.3, -0.25) is 0 Å². The fraction of sp³-hybridized carbons (Fsp3) is 0.143. The van der Waals surface area contributed by atoms with E-state index in [1.807, 2.05) is 0 Å². The molecule has 4 nitrogen and oxygen atoms in total. The van der Waals surface area contributed by atoms with E-state index >= 15 is 0 Å². The van der Waals surface area contributed by atoms with Crippen molar-refractivity contribution in [1.29, 1.82) is 0 Å². The average molecular weight is 347 g/mol. The maximum absolute atomic E-state index is 11.5. The Morgan fingerprint density at radius 1 is 1.00 bits per heavy atom. The first kappa shape index (κ1) is 15.9. The first-order valence-corrected chi connectivity index (χ1v) is 6.90. The van der Waals surface area contributed by atoms with E-state index in [0.717, 1.165) is 0 Å². The third-order valence-corrected chi connectivity index (χ3v) is 4.07. The third kappa shape index (κ3) is 3.07. The van der Waals surface area contributed by atoms with Crippen molar-refractivity contribution in [2.45, 2.75) is 0 Å². The van der Waals surface area contributed by atoms with Crippen LogP contribution in [-0.2, 0) is 4.74 Å². The lowest BCUT2D eigenvalue weighted by atomic mass is 10.1. The van der Waals surface area contributed by atoms with Crippen LogP contribution in [0.15, 0.2) is 24.3 Å². The number of ether oxygens (including phenoxy) is 2. The second-order valence-electron chi connectivity index (χ2n) is 3.97. The molecular weight excluding hydrogens is 337 g/mol. The Labute approximate surface area is 136 Å². The van der Waals surface area contributed by atoms with E-state index in [4.69, 9.17) is 39.5 Å². The summed E-state index contributed by atoms with van der Waals surface area (Å²) in [7, 11) is 2.72. The molecule has 0 saturated carbocycles. The van der Waals surface area contributed by atoms with Gasteiger partial charge in [0.05, 0.1) is 29.3 Å². The Bertz CT molecular complexity index is 704. The quantitative estimate of drug-likeness (QED) is 0.606. The Kier molecular flexibility index (Phi) is 4.93. The Balaban J connectivity index is 2.59. The number of benzene rings is 1. The summed E-state index contributed by atoms with van der Waals surface area (Å²) in [5, 5.41) is 0.883. The monoisotopic (exact) mass is 345 g/mol. The second-order valence-corrected chi connectivity index (χ2v) is 5.13. The van der Waals surface area contributed by atoms with Gasteiger partial charge in [0.1, 0.15) is 0 Å². The molecule has 0 N–H and O–H groups in total. The maximum atomic E-state index is 11.5. The van der Waals surface area contributed by atoms with Crippen LogP contribution in [0.5, 0.6) is 5.88 Å². The van der Waals surface area contributed by atoms with Crippen molar-refractivity contribution in [2.75, 3.05) is 14.2 Å². The number of carbonyl (C=O) groups excluding carboxylic acids is 1. The summed E-state index contributed by atoms with van der Waals surface area (Å²) in [5.74, 6) is -0.321. The van der Waals surface area contributed by atoms with Gasteiger partial charge >= 0.3 is 5.97 Å². The number of nitrogens with zero attached hydrogens (tertiary/aromatic N) is 1. The lowest BCUT2D eigenvalue weighted by molar-refractivity contribution is 0.0593. The van der Waals surface area contributed by atoms with Gasteiger partial charge in [-0.15, -0.1) is 0 Å². The molecule has 0 spiro atoms. The Morgan fingerprint density at radius 2 is 1.67 bits per heavy atom. The highest BCUT2D eigenvalue weighted by Gasteiger charge is 2.17. The van der Waals surface area contributed by atoms with Crippen molar-refractivity contribution in [1.82, 2.24) is 4.98 Å². The molecule has 2 rings (SSSR count). The topological polar surface area (TPSA) is 48.4 Å². The molecule has 110 valence electrons. The number of hydrogen-bond acceptors (Lipinski definition) is 4. The van der Waals surface area contributed by atoms with Gasteiger partial charge in [0, 0.05) is 11.1 Å². The number of rotatable bonds is 3. The molecule has 1 aromatic carbocycles. The highest BCUT2D eigenvalue weighted by Crippen LogP contribution is 2.40. The zero-order valence-electron chi connectivity index (χ0n) is 11.1. The van der Waals surface area contributed by atoms with E-state index in [1.54, 1.807) is 18.2 Å². The molecule has 0 fully saturated rings. The van der Waals surface area contributed by atoms with Gasteiger partial charge in [-0.2, -0.15) is 0 Å². The highest BCUT2D eigenvalue weighted by molar-refractivity contribution is 6.49. The maximum Gasteiger partial charge on any atom is 0.356 e. The Hall–Kier alpha value is -1.49. The molecule has 21 heavy (non-hydrogen) atoms. The van der Waals surface area contributed by atoms with Crippen molar-refractivity contribution < 1.29 is 14.3 Å². The minimum Gasteiger partial charge on any atom is -0.481 e. The first-order valence-electron chi connectivity index (χ1n) is 5.76. The van der Waals surface area contributed by atoms with Crippen LogP contribution < -0.4 is 4.74 Å². The number of pyridine rings is 1. The van der Waals surface area contributed by atoms with Crippen molar-refractivity contribution in [2.24, 2.45) is 0 Å². The number of halogens is 3. The molecular formula is C14H10Cl3NO3. The number of methoxy groups -OCH3 is 2. The summed E-state index contributed by atoms with van der Waals surface area (Å²) in [6, 6.07) is 6.50. The molecule has 0 aliphatic carbocycles. The van der Waals surface area contributed by atoms with Crippen LogP contribution in [0, 0.1) is 0 Å².